The summed E-state index contributed by atoms with van der Waals surface area (Å²) >= 11 is 1.30. The van der Waals surface area contributed by atoms with Crippen molar-refractivity contribution in [2.75, 3.05) is 11.1 Å². The lowest BCUT2D eigenvalue weighted by Crippen LogP contribution is -2.24. The summed E-state index contributed by atoms with van der Waals surface area (Å²) < 4.78 is 1.70. The minimum atomic E-state index is -0.124. The Morgan fingerprint density at radius 1 is 1.00 bits per heavy atom. The van der Waals surface area contributed by atoms with Crippen LogP contribution in [0.3, 0.4) is 0 Å². The van der Waals surface area contributed by atoms with Gasteiger partial charge in [0.2, 0.25) is 5.91 Å². The zero-order chi connectivity index (χ0) is 20.9. The van der Waals surface area contributed by atoms with Crippen molar-refractivity contribution in [2.45, 2.75) is 31.5 Å². The van der Waals surface area contributed by atoms with E-state index < -0.39 is 0 Å². The van der Waals surface area contributed by atoms with Gasteiger partial charge in [0.05, 0.1) is 16.7 Å². The van der Waals surface area contributed by atoms with E-state index in [4.69, 9.17) is 0 Å². The maximum atomic E-state index is 12.9. The molecule has 1 heterocycles. The fourth-order valence-corrected chi connectivity index (χ4v) is 4.25. The molecular weight excluding hydrogens is 394 g/mol. The number of aromatic nitrogens is 2. The number of rotatable bonds is 7. The molecule has 0 saturated heterocycles. The Kier molecular flexibility index (Phi) is 6.14. The Balaban J connectivity index is 1.56. The predicted octanol–water partition coefficient (Wildman–Crippen LogP) is 5.08. The number of thioether (sulfide) groups is 1. The van der Waals surface area contributed by atoms with Crippen LogP contribution in [0.2, 0.25) is 0 Å². The summed E-state index contributed by atoms with van der Waals surface area (Å²) in [6.07, 6.45) is 1.86. The van der Waals surface area contributed by atoms with Gasteiger partial charge in [0.1, 0.15) is 0 Å². The Bertz CT molecular complexity index is 1260. The van der Waals surface area contributed by atoms with Gasteiger partial charge in [-0.05, 0) is 30.0 Å². The number of para-hydroxylation sites is 1. The third-order valence-electron chi connectivity index (χ3n) is 4.96. The SMILES string of the molecule is CCCCn1c(SCC(=O)Nc2cccc3ccccc23)nc2ccccc2c1=O. The minimum Gasteiger partial charge on any atom is -0.325 e. The van der Waals surface area contributed by atoms with Gasteiger partial charge in [-0.3, -0.25) is 14.2 Å². The molecular formula is C24H23N3O2S. The lowest BCUT2D eigenvalue weighted by molar-refractivity contribution is -0.113. The molecule has 0 unspecified atom stereocenters. The molecule has 0 aliphatic carbocycles. The van der Waals surface area contributed by atoms with Crippen LogP contribution in [0.25, 0.3) is 21.7 Å². The van der Waals surface area contributed by atoms with Crippen molar-refractivity contribution in [1.29, 1.82) is 0 Å². The van der Waals surface area contributed by atoms with Crippen molar-refractivity contribution in [3.05, 3.63) is 77.1 Å². The molecule has 0 aliphatic rings. The molecule has 0 saturated carbocycles. The first-order chi connectivity index (χ1) is 14.7. The number of nitrogens with zero attached hydrogens (tertiary/aromatic N) is 2. The van der Waals surface area contributed by atoms with Crippen LogP contribution in [0.1, 0.15) is 19.8 Å². The minimum absolute atomic E-state index is 0.0500. The van der Waals surface area contributed by atoms with E-state index in [1.807, 2.05) is 60.7 Å². The molecule has 1 amide bonds. The number of amides is 1. The maximum absolute atomic E-state index is 12.9. The summed E-state index contributed by atoms with van der Waals surface area (Å²) in [4.78, 5) is 30.3. The third kappa shape index (κ3) is 4.24. The zero-order valence-corrected chi connectivity index (χ0v) is 17.6. The molecule has 0 bridgehead atoms. The molecule has 5 nitrogen and oxygen atoms in total. The van der Waals surface area contributed by atoms with Crippen LogP contribution in [-0.4, -0.2) is 21.2 Å². The highest BCUT2D eigenvalue weighted by atomic mass is 32.2. The van der Waals surface area contributed by atoms with Crippen molar-refractivity contribution in [3.8, 4) is 0 Å². The summed E-state index contributed by atoms with van der Waals surface area (Å²) in [6.45, 7) is 2.68. The van der Waals surface area contributed by atoms with E-state index >= 15 is 0 Å². The largest absolute Gasteiger partial charge is 0.325 e. The van der Waals surface area contributed by atoms with E-state index in [1.54, 1.807) is 10.6 Å². The number of carbonyl (C=O) groups is 1. The van der Waals surface area contributed by atoms with Crippen LogP contribution in [0.4, 0.5) is 5.69 Å². The second-order valence-corrected chi connectivity index (χ2v) is 8.03. The maximum Gasteiger partial charge on any atom is 0.262 e. The van der Waals surface area contributed by atoms with Crippen molar-refractivity contribution < 1.29 is 4.79 Å². The molecule has 0 atom stereocenters. The molecule has 0 radical (unpaired) electrons. The van der Waals surface area contributed by atoms with E-state index in [0.717, 1.165) is 29.3 Å². The van der Waals surface area contributed by atoms with E-state index in [-0.39, 0.29) is 17.2 Å². The number of hydrogen-bond acceptors (Lipinski definition) is 4. The second-order valence-electron chi connectivity index (χ2n) is 7.09. The molecule has 3 aromatic carbocycles. The number of carbonyl (C=O) groups excluding carboxylic acids is 1. The number of nitrogens with one attached hydrogen (secondary N) is 1. The summed E-state index contributed by atoms with van der Waals surface area (Å²) in [5.41, 5.74) is 1.40. The van der Waals surface area contributed by atoms with E-state index in [0.29, 0.717) is 22.6 Å². The second kappa shape index (κ2) is 9.13. The molecule has 30 heavy (non-hydrogen) atoms. The molecule has 0 fully saturated rings. The molecule has 0 aliphatic heterocycles. The van der Waals surface area contributed by atoms with Crippen molar-refractivity contribution in [3.63, 3.8) is 0 Å². The molecule has 0 spiro atoms. The average Bonchev–Trinajstić information content (AvgIpc) is 2.77. The molecule has 1 aromatic heterocycles. The van der Waals surface area contributed by atoms with Gasteiger partial charge in [-0.1, -0.05) is 73.6 Å². The number of unbranched alkanes of at least 4 members (excludes halogenated alkanes) is 1. The molecule has 4 rings (SSSR count). The Morgan fingerprint density at radius 3 is 2.57 bits per heavy atom. The quantitative estimate of drug-likeness (QED) is 0.336. The van der Waals surface area contributed by atoms with Crippen LogP contribution < -0.4 is 10.9 Å². The number of anilines is 1. The van der Waals surface area contributed by atoms with Crippen LogP contribution >= 0.6 is 11.8 Å². The average molecular weight is 418 g/mol. The fraction of sp³-hybridized carbons (Fsp3) is 0.208. The smallest absolute Gasteiger partial charge is 0.262 e. The predicted molar refractivity (Wildman–Crippen MR) is 124 cm³/mol. The van der Waals surface area contributed by atoms with Gasteiger partial charge in [0, 0.05) is 17.6 Å². The molecule has 4 aromatic rings. The van der Waals surface area contributed by atoms with Gasteiger partial charge in [0.25, 0.3) is 5.56 Å². The number of hydrogen-bond donors (Lipinski definition) is 1. The Hall–Kier alpha value is -3.12. The monoisotopic (exact) mass is 417 g/mol. The summed E-state index contributed by atoms with van der Waals surface area (Å²) in [7, 11) is 0. The number of benzene rings is 3. The van der Waals surface area contributed by atoms with Crippen LogP contribution in [-0.2, 0) is 11.3 Å². The Labute approximate surface area is 179 Å². The Morgan fingerprint density at radius 2 is 1.73 bits per heavy atom. The molecule has 1 N–H and O–H groups in total. The topological polar surface area (TPSA) is 64.0 Å². The van der Waals surface area contributed by atoms with Gasteiger partial charge in [-0.2, -0.15) is 0 Å². The lowest BCUT2D eigenvalue weighted by atomic mass is 10.1. The van der Waals surface area contributed by atoms with Crippen LogP contribution in [0, 0.1) is 0 Å². The highest BCUT2D eigenvalue weighted by Gasteiger charge is 2.13. The lowest BCUT2D eigenvalue weighted by Gasteiger charge is -2.13. The third-order valence-corrected chi connectivity index (χ3v) is 5.93. The molecule has 152 valence electrons. The normalized spacial score (nSPS) is 11.1. The van der Waals surface area contributed by atoms with Crippen molar-refractivity contribution >= 4 is 45.0 Å². The van der Waals surface area contributed by atoms with Crippen molar-refractivity contribution in [1.82, 2.24) is 9.55 Å². The first-order valence-electron chi connectivity index (χ1n) is 10.1. The first-order valence-corrected chi connectivity index (χ1v) is 11.1. The van der Waals surface area contributed by atoms with E-state index in [9.17, 15) is 9.59 Å². The molecule has 6 heteroatoms. The van der Waals surface area contributed by atoms with Gasteiger partial charge >= 0.3 is 0 Å². The summed E-state index contributed by atoms with van der Waals surface area (Å²) in [5.74, 6) is 0.0564. The zero-order valence-electron chi connectivity index (χ0n) is 16.8. The van der Waals surface area contributed by atoms with Gasteiger partial charge in [0.15, 0.2) is 5.16 Å². The standard InChI is InChI=1S/C24H23N3O2S/c1-2-3-15-27-23(29)19-12-6-7-13-21(19)26-24(27)30-16-22(28)25-20-14-8-10-17-9-4-5-11-18(17)20/h4-14H,2-3,15-16H2,1H3,(H,25,28). The highest BCUT2D eigenvalue weighted by Crippen LogP contribution is 2.24. The van der Waals surface area contributed by atoms with E-state index in [1.165, 1.54) is 11.8 Å². The first kappa shape index (κ1) is 20.2. The summed E-state index contributed by atoms with van der Waals surface area (Å²) in [6, 6.07) is 21.1. The van der Waals surface area contributed by atoms with Crippen molar-refractivity contribution in [2.24, 2.45) is 0 Å². The van der Waals surface area contributed by atoms with Gasteiger partial charge < -0.3 is 5.32 Å². The van der Waals surface area contributed by atoms with E-state index in [2.05, 4.69) is 17.2 Å². The van der Waals surface area contributed by atoms with Crippen LogP contribution in [0.5, 0.6) is 0 Å². The van der Waals surface area contributed by atoms with Gasteiger partial charge in [-0.15, -0.1) is 0 Å². The summed E-state index contributed by atoms with van der Waals surface area (Å²) in [5, 5.41) is 6.27. The van der Waals surface area contributed by atoms with Gasteiger partial charge in [-0.25, -0.2) is 4.98 Å². The van der Waals surface area contributed by atoms with Crippen LogP contribution in [0.15, 0.2) is 76.7 Å². The fourth-order valence-electron chi connectivity index (χ4n) is 3.42. The highest BCUT2D eigenvalue weighted by molar-refractivity contribution is 7.99. The number of fused-ring (bicyclic) bond motifs is 2.